The highest BCUT2D eigenvalue weighted by Crippen LogP contribution is 2.38. The fourth-order valence-electron chi connectivity index (χ4n) is 8.91. The van der Waals surface area contributed by atoms with E-state index in [9.17, 15) is 0 Å². The summed E-state index contributed by atoms with van der Waals surface area (Å²) >= 11 is 0. The molecule has 2 heterocycles. The topological polar surface area (TPSA) is 48.2 Å². The van der Waals surface area contributed by atoms with Crippen LogP contribution in [0.25, 0.3) is 82.9 Å². The summed E-state index contributed by atoms with van der Waals surface area (Å²) in [6.07, 6.45) is 1.98. The van der Waals surface area contributed by atoms with Crippen molar-refractivity contribution in [3.05, 3.63) is 247 Å². The monoisotopic (exact) mass is 794 g/mol. The highest BCUT2D eigenvalue weighted by molar-refractivity contribution is 6.13. The Balaban J connectivity index is 0.895. The van der Waals surface area contributed by atoms with Crippen molar-refractivity contribution in [3.63, 3.8) is 0 Å². The van der Waals surface area contributed by atoms with Gasteiger partial charge in [0, 0.05) is 38.6 Å². The number of nitrogens with two attached hydrogens (primary N) is 1. The first-order valence-electron chi connectivity index (χ1n) is 21.1. The van der Waals surface area contributed by atoms with Crippen LogP contribution in [-0.4, -0.2) is 14.8 Å². The van der Waals surface area contributed by atoms with Gasteiger partial charge in [-0.25, -0.2) is 0 Å². The minimum atomic E-state index is 0.546. The summed E-state index contributed by atoms with van der Waals surface area (Å²) in [6.45, 7) is 0.546. The zero-order valence-electron chi connectivity index (χ0n) is 34.1. The van der Waals surface area contributed by atoms with Gasteiger partial charge in [-0.05, 0) is 99.6 Å². The molecule has 0 amide bonds. The summed E-state index contributed by atoms with van der Waals surface area (Å²) in [6, 6.07) is 79.8. The maximum Gasteiger partial charge on any atom is 0.0671 e. The van der Waals surface area contributed by atoms with Crippen LogP contribution in [0.15, 0.2) is 236 Å². The second-order valence-electron chi connectivity index (χ2n) is 15.8. The van der Waals surface area contributed by atoms with Gasteiger partial charge in [0.2, 0.25) is 0 Å². The number of rotatable bonds is 9. The summed E-state index contributed by atoms with van der Waals surface area (Å²) in [7, 11) is 0. The lowest BCUT2D eigenvalue weighted by Crippen LogP contribution is -2.04. The summed E-state index contributed by atoms with van der Waals surface area (Å²) < 4.78 is 4.77. The van der Waals surface area contributed by atoms with Crippen molar-refractivity contribution in [2.75, 3.05) is 0 Å². The molecule has 0 spiro atoms. The first kappa shape index (κ1) is 36.8. The summed E-state index contributed by atoms with van der Waals surface area (Å²) in [5.74, 6) is 0. The summed E-state index contributed by atoms with van der Waals surface area (Å²) in [4.78, 5) is 5.04. The summed E-state index contributed by atoms with van der Waals surface area (Å²) in [5, 5.41) is 4.99. The molecule has 0 saturated heterocycles. The number of allylic oxidation sites excluding steroid dienone is 1. The third-order valence-corrected chi connectivity index (χ3v) is 12.0. The average Bonchev–Trinajstić information content (AvgIpc) is 3.86. The molecular weight excluding hydrogens is 753 g/mol. The van der Waals surface area contributed by atoms with Gasteiger partial charge in [0.15, 0.2) is 0 Å². The van der Waals surface area contributed by atoms with E-state index in [0.29, 0.717) is 12.2 Å². The molecule has 2 aromatic heterocycles. The Labute approximate surface area is 360 Å². The largest absolute Gasteiger partial charge is 0.398 e. The molecule has 294 valence electrons. The van der Waals surface area contributed by atoms with Crippen LogP contribution >= 0.6 is 0 Å². The van der Waals surface area contributed by atoms with Gasteiger partial charge in [0.05, 0.1) is 34.3 Å². The van der Waals surface area contributed by atoms with E-state index in [-0.39, 0.29) is 0 Å². The fourth-order valence-corrected chi connectivity index (χ4v) is 8.91. The van der Waals surface area contributed by atoms with Crippen molar-refractivity contribution in [2.24, 2.45) is 10.7 Å². The molecule has 11 rings (SSSR count). The number of aromatic nitrogens is 2. The first-order chi connectivity index (χ1) is 30.7. The molecule has 62 heavy (non-hydrogen) atoms. The van der Waals surface area contributed by atoms with Crippen LogP contribution in [0.4, 0.5) is 0 Å². The Hall–Kier alpha value is -8.21. The highest BCUT2D eigenvalue weighted by atomic mass is 15.0. The number of hydrogen-bond acceptors (Lipinski definition) is 2. The number of hydrogen-bond donors (Lipinski definition) is 1. The van der Waals surface area contributed by atoms with Crippen molar-refractivity contribution < 1.29 is 0 Å². The molecule has 0 aliphatic rings. The molecule has 2 N–H and O–H groups in total. The highest BCUT2D eigenvalue weighted by Gasteiger charge is 2.16. The van der Waals surface area contributed by atoms with Gasteiger partial charge in [-0.15, -0.1) is 0 Å². The van der Waals surface area contributed by atoms with E-state index in [1.165, 1.54) is 60.3 Å². The van der Waals surface area contributed by atoms with Crippen molar-refractivity contribution >= 4 is 55.0 Å². The molecule has 0 saturated carbocycles. The predicted molar refractivity (Wildman–Crippen MR) is 261 cm³/mol. The lowest BCUT2D eigenvalue weighted by molar-refractivity contribution is 1.07. The van der Waals surface area contributed by atoms with Gasteiger partial charge in [0.1, 0.15) is 0 Å². The van der Waals surface area contributed by atoms with E-state index in [2.05, 4.69) is 185 Å². The van der Waals surface area contributed by atoms with Crippen molar-refractivity contribution in [1.82, 2.24) is 9.13 Å². The van der Waals surface area contributed by atoms with Crippen LogP contribution in [0.2, 0.25) is 0 Å². The Bertz CT molecular complexity index is 3450. The van der Waals surface area contributed by atoms with E-state index >= 15 is 0 Å². The van der Waals surface area contributed by atoms with Crippen molar-refractivity contribution in [1.29, 1.82) is 0 Å². The molecule has 11 aromatic rings. The van der Waals surface area contributed by atoms with E-state index in [1.807, 2.05) is 54.6 Å². The maximum absolute atomic E-state index is 6.53. The number of nitrogens with zero attached hydrogens (tertiary/aromatic N) is 3. The number of para-hydroxylation sites is 3. The number of fused-ring (bicyclic) bond motifs is 6. The van der Waals surface area contributed by atoms with E-state index in [0.717, 1.165) is 39.3 Å². The molecule has 0 atom stereocenters. The molecule has 9 aromatic carbocycles. The first-order valence-corrected chi connectivity index (χ1v) is 21.1. The minimum Gasteiger partial charge on any atom is -0.398 e. The van der Waals surface area contributed by atoms with Crippen molar-refractivity contribution in [2.45, 2.75) is 6.54 Å². The molecule has 0 radical (unpaired) electrons. The van der Waals surface area contributed by atoms with E-state index in [1.54, 1.807) is 0 Å². The fraction of sp³-hybridized carbons (Fsp3) is 0.0172. The van der Waals surface area contributed by atoms with Gasteiger partial charge in [-0.2, -0.15) is 0 Å². The molecule has 0 aliphatic heterocycles. The van der Waals surface area contributed by atoms with Gasteiger partial charge in [-0.1, -0.05) is 170 Å². The normalized spacial score (nSPS) is 12.2. The zero-order chi connectivity index (χ0) is 41.4. The van der Waals surface area contributed by atoms with E-state index in [4.69, 9.17) is 10.7 Å². The maximum atomic E-state index is 6.53. The molecule has 0 unspecified atom stereocenters. The Kier molecular flexibility index (Phi) is 9.36. The Morgan fingerprint density at radius 2 is 0.855 bits per heavy atom. The van der Waals surface area contributed by atoms with Gasteiger partial charge in [-0.3, -0.25) is 4.99 Å². The molecule has 4 nitrogen and oxygen atoms in total. The minimum absolute atomic E-state index is 0.546. The number of aliphatic imine (C=N–C) groups is 1. The molecular formula is C58H42N4. The smallest absolute Gasteiger partial charge is 0.0671 e. The molecule has 0 bridgehead atoms. The van der Waals surface area contributed by atoms with Crippen LogP contribution < -0.4 is 5.73 Å². The Morgan fingerprint density at radius 3 is 1.53 bits per heavy atom. The molecule has 0 fully saturated rings. The molecule has 4 heteroatoms. The number of benzene rings is 9. The molecule has 0 aliphatic carbocycles. The standard InChI is InChI=1S/C58H42N4/c59-53(43-14-4-1-5-15-43)38-54(44-16-6-2-7-17-44)60-39-40-24-26-41(27-25-40)42-28-32-48(33-29-42)61-56-23-13-11-21-50(56)52-36-45(31-35-57(52)61)46-30-34-51-49-20-10-12-22-55(49)62(58(51)37-46)47-18-8-3-9-19-47/h1-38H,39,59H2/b53-38-,60-54?. The average molecular weight is 795 g/mol. The van der Waals surface area contributed by atoms with Crippen LogP contribution in [0.3, 0.4) is 0 Å². The van der Waals surface area contributed by atoms with Gasteiger partial charge >= 0.3 is 0 Å². The van der Waals surface area contributed by atoms with Crippen LogP contribution in [0, 0.1) is 0 Å². The second kappa shape index (κ2) is 15.8. The van der Waals surface area contributed by atoms with Crippen LogP contribution in [-0.2, 0) is 6.54 Å². The van der Waals surface area contributed by atoms with Crippen LogP contribution in [0.1, 0.15) is 16.7 Å². The van der Waals surface area contributed by atoms with Gasteiger partial charge in [0.25, 0.3) is 0 Å². The quantitative estimate of drug-likeness (QED) is 0.145. The van der Waals surface area contributed by atoms with Crippen molar-refractivity contribution in [3.8, 4) is 33.6 Å². The lowest BCUT2D eigenvalue weighted by Gasteiger charge is -2.11. The van der Waals surface area contributed by atoms with Gasteiger partial charge < -0.3 is 14.9 Å². The van der Waals surface area contributed by atoms with E-state index < -0.39 is 0 Å². The summed E-state index contributed by atoms with van der Waals surface area (Å²) in [5.41, 5.74) is 23.0. The Morgan fingerprint density at radius 1 is 0.387 bits per heavy atom. The SMILES string of the molecule is N/C(=C\C(=NCc1ccc(-c2ccc(-n3c4ccccc4c4cc(-c5ccc6c7ccccc7n(-c7ccccc7)c6c5)ccc43)cc2)cc1)c1ccccc1)c1ccccc1. The zero-order valence-corrected chi connectivity index (χ0v) is 34.1. The lowest BCUT2D eigenvalue weighted by atomic mass is 10.0. The van der Waals surface area contributed by atoms with Crippen LogP contribution in [0.5, 0.6) is 0 Å². The second-order valence-corrected chi connectivity index (χ2v) is 15.8. The third kappa shape index (κ3) is 6.74. The third-order valence-electron chi connectivity index (χ3n) is 12.0. The predicted octanol–water partition coefficient (Wildman–Crippen LogP) is 14.2.